The van der Waals surface area contributed by atoms with Gasteiger partial charge in [-0.15, -0.1) is 0 Å². The molecule has 6 nitrogen and oxygen atoms in total. The average molecular weight is 513 g/mol. The SMILES string of the molecule is CCc1nccc(-c2cccnc2Oc2cc(NC(=O)c3cc(C(F)(F)F)ccc3Cl)ccc2C)n1. The number of aryl methyl sites for hydroxylation is 2. The van der Waals surface area contributed by atoms with Crippen molar-refractivity contribution in [2.24, 2.45) is 0 Å². The summed E-state index contributed by atoms with van der Waals surface area (Å²) in [5.74, 6) is 0.586. The monoisotopic (exact) mass is 512 g/mol. The minimum absolute atomic E-state index is 0.0986. The Labute approximate surface area is 210 Å². The zero-order valence-corrected chi connectivity index (χ0v) is 20.0. The molecular formula is C26H20ClF3N4O2. The number of hydrogen-bond donors (Lipinski definition) is 1. The molecule has 4 aromatic rings. The molecule has 10 heteroatoms. The third kappa shape index (κ3) is 5.63. The van der Waals surface area contributed by atoms with Crippen LogP contribution >= 0.6 is 11.6 Å². The van der Waals surface area contributed by atoms with Crippen LogP contribution < -0.4 is 10.1 Å². The molecule has 184 valence electrons. The van der Waals surface area contributed by atoms with Crippen LogP contribution in [0.25, 0.3) is 11.3 Å². The topological polar surface area (TPSA) is 77.0 Å². The van der Waals surface area contributed by atoms with Crippen molar-refractivity contribution >= 4 is 23.2 Å². The molecule has 0 aliphatic heterocycles. The number of carbonyl (C=O) groups is 1. The summed E-state index contributed by atoms with van der Waals surface area (Å²) in [6.07, 6.45) is -0.691. The number of aromatic nitrogens is 3. The molecule has 2 aromatic heterocycles. The van der Waals surface area contributed by atoms with Gasteiger partial charge in [-0.3, -0.25) is 4.79 Å². The molecule has 4 rings (SSSR count). The summed E-state index contributed by atoms with van der Waals surface area (Å²) in [6, 6.07) is 12.8. The van der Waals surface area contributed by atoms with Gasteiger partial charge in [-0.1, -0.05) is 24.6 Å². The van der Waals surface area contributed by atoms with Crippen molar-refractivity contribution in [2.75, 3.05) is 5.32 Å². The van der Waals surface area contributed by atoms with Crippen molar-refractivity contribution < 1.29 is 22.7 Å². The van der Waals surface area contributed by atoms with E-state index in [1.54, 1.807) is 42.7 Å². The first-order valence-corrected chi connectivity index (χ1v) is 11.3. The number of carbonyl (C=O) groups excluding carboxylic acids is 1. The van der Waals surface area contributed by atoms with Gasteiger partial charge in [0.1, 0.15) is 11.6 Å². The molecule has 0 radical (unpaired) electrons. The number of halogens is 4. The number of rotatable bonds is 6. The zero-order chi connectivity index (χ0) is 25.9. The Morgan fingerprint density at radius 2 is 1.86 bits per heavy atom. The third-order valence-corrected chi connectivity index (χ3v) is 5.59. The first-order valence-electron chi connectivity index (χ1n) is 10.9. The summed E-state index contributed by atoms with van der Waals surface area (Å²) in [5.41, 5.74) is 1.09. The van der Waals surface area contributed by atoms with E-state index >= 15 is 0 Å². The molecule has 0 saturated carbocycles. The quantitative estimate of drug-likeness (QED) is 0.297. The molecule has 0 saturated heterocycles. The molecule has 0 aliphatic carbocycles. The van der Waals surface area contributed by atoms with Gasteiger partial charge in [0.15, 0.2) is 0 Å². The summed E-state index contributed by atoms with van der Waals surface area (Å²) >= 11 is 6.00. The van der Waals surface area contributed by atoms with Gasteiger partial charge in [-0.05, 0) is 55.0 Å². The second-order valence-corrected chi connectivity index (χ2v) is 8.20. The highest BCUT2D eigenvalue weighted by Gasteiger charge is 2.31. The van der Waals surface area contributed by atoms with Gasteiger partial charge < -0.3 is 10.1 Å². The predicted molar refractivity (Wildman–Crippen MR) is 130 cm³/mol. The first kappa shape index (κ1) is 25.1. The smallest absolute Gasteiger partial charge is 0.416 e. The van der Waals surface area contributed by atoms with E-state index < -0.39 is 17.6 Å². The fourth-order valence-electron chi connectivity index (χ4n) is 3.35. The summed E-state index contributed by atoms with van der Waals surface area (Å²) in [5, 5.41) is 2.48. The van der Waals surface area contributed by atoms with Crippen LogP contribution in [0.2, 0.25) is 5.02 Å². The maximum atomic E-state index is 13.1. The van der Waals surface area contributed by atoms with Crippen molar-refractivity contribution in [3.05, 3.63) is 94.5 Å². The zero-order valence-electron chi connectivity index (χ0n) is 19.2. The molecule has 0 atom stereocenters. The summed E-state index contributed by atoms with van der Waals surface area (Å²) in [7, 11) is 0. The lowest BCUT2D eigenvalue weighted by Crippen LogP contribution is -2.14. The van der Waals surface area contributed by atoms with Gasteiger partial charge in [-0.25, -0.2) is 15.0 Å². The summed E-state index contributed by atoms with van der Waals surface area (Å²) < 4.78 is 45.3. The fraction of sp³-hybridized carbons (Fsp3) is 0.154. The number of benzene rings is 2. The lowest BCUT2D eigenvalue weighted by Gasteiger charge is -2.14. The Morgan fingerprint density at radius 3 is 2.61 bits per heavy atom. The van der Waals surface area contributed by atoms with Gasteiger partial charge in [0.2, 0.25) is 5.88 Å². The van der Waals surface area contributed by atoms with E-state index in [1.807, 2.05) is 19.9 Å². The van der Waals surface area contributed by atoms with Crippen LogP contribution in [0.1, 0.15) is 34.2 Å². The highest BCUT2D eigenvalue weighted by Crippen LogP contribution is 2.34. The van der Waals surface area contributed by atoms with Gasteiger partial charge in [-0.2, -0.15) is 13.2 Å². The van der Waals surface area contributed by atoms with Crippen molar-refractivity contribution in [3.8, 4) is 22.9 Å². The predicted octanol–water partition coefficient (Wildman–Crippen LogP) is 7.13. The Morgan fingerprint density at radius 1 is 1.06 bits per heavy atom. The van der Waals surface area contributed by atoms with E-state index in [4.69, 9.17) is 16.3 Å². The molecule has 36 heavy (non-hydrogen) atoms. The maximum Gasteiger partial charge on any atom is 0.416 e. The second-order valence-electron chi connectivity index (χ2n) is 7.80. The van der Waals surface area contributed by atoms with Gasteiger partial charge >= 0.3 is 6.18 Å². The van der Waals surface area contributed by atoms with Crippen molar-refractivity contribution in [1.82, 2.24) is 15.0 Å². The Bertz CT molecular complexity index is 1430. The van der Waals surface area contributed by atoms with Crippen LogP contribution in [0.4, 0.5) is 18.9 Å². The first-order chi connectivity index (χ1) is 17.2. The Hall–Kier alpha value is -3.98. The van der Waals surface area contributed by atoms with Crippen molar-refractivity contribution in [1.29, 1.82) is 0 Å². The number of nitrogens with zero attached hydrogens (tertiary/aromatic N) is 3. The number of hydrogen-bond acceptors (Lipinski definition) is 5. The van der Waals surface area contributed by atoms with E-state index in [-0.39, 0.29) is 10.6 Å². The van der Waals surface area contributed by atoms with E-state index in [1.165, 1.54) is 0 Å². The number of pyridine rings is 1. The van der Waals surface area contributed by atoms with E-state index in [2.05, 4.69) is 20.3 Å². The van der Waals surface area contributed by atoms with Crippen LogP contribution in [-0.4, -0.2) is 20.9 Å². The average Bonchev–Trinajstić information content (AvgIpc) is 2.86. The van der Waals surface area contributed by atoms with E-state index in [0.717, 1.165) is 23.8 Å². The number of alkyl halides is 3. The molecule has 2 aromatic carbocycles. The van der Waals surface area contributed by atoms with Crippen LogP contribution in [0.5, 0.6) is 11.6 Å². The standard InChI is InChI=1S/C26H20ClF3N4O2/c1-3-23-31-12-10-21(34-23)18-5-4-11-32-25(18)36-22-14-17(8-6-15(22)2)33-24(35)19-13-16(26(28,29)30)7-9-20(19)27/h4-14H,3H2,1-2H3,(H,33,35). The third-order valence-electron chi connectivity index (χ3n) is 5.26. The maximum absolute atomic E-state index is 13.1. The number of anilines is 1. The lowest BCUT2D eigenvalue weighted by atomic mass is 10.1. The molecule has 1 N–H and O–H groups in total. The van der Waals surface area contributed by atoms with Gasteiger partial charge in [0, 0.05) is 30.6 Å². The normalized spacial score (nSPS) is 11.3. The van der Waals surface area contributed by atoms with Crippen LogP contribution in [0.15, 0.2) is 67.0 Å². The molecule has 0 spiro atoms. The Kier molecular flexibility index (Phi) is 7.21. The molecule has 2 heterocycles. The minimum Gasteiger partial charge on any atom is -0.438 e. The number of ether oxygens (including phenoxy) is 1. The van der Waals surface area contributed by atoms with Crippen molar-refractivity contribution in [2.45, 2.75) is 26.4 Å². The van der Waals surface area contributed by atoms with E-state index in [9.17, 15) is 18.0 Å². The molecule has 0 bridgehead atoms. The van der Waals surface area contributed by atoms with Gasteiger partial charge in [0.05, 0.1) is 27.4 Å². The van der Waals surface area contributed by atoms with Crippen LogP contribution in [0, 0.1) is 6.92 Å². The lowest BCUT2D eigenvalue weighted by molar-refractivity contribution is -0.137. The minimum atomic E-state index is -4.60. The molecule has 0 unspecified atom stereocenters. The molecule has 0 aliphatic rings. The Balaban J connectivity index is 1.61. The van der Waals surface area contributed by atoms with Crippen molar-refractivity contribution in [3.63, 3.8) is 0 Å². The summed E-state index contributed by atoms with van der Waals surface area (Å²) in [6.45, 7) is 3.77. The number of amides is 1. The molecule has 1 amide bonds. The fourth-order valence-corrected chi connectivity index (χ4v) is 3.56. The highest BCUT2D eigenvalue weighted by atomic mass is 35.5. The molecule has 0 fully saturated rings. The van der Waals surface area contributed by atoms with Gasteiger partial charge in [0.25, 0.3) is 5.91 Å². The van der Waals surface area contributed by atoms with Crippen LogP contribution in [0.3, 0.4) is 0 Å². The number of nitrogens with one attached hydrogen (secondary N) is 1. The highest BCUT2D eigenvalue weighted by molar-refractivity contribution is 6.34. The summed E-state index contributed by atoms with van der Waals surface area (Å²) in [4.78, 5) is 25.8. The second kappa shape index (κ2) is 10.3. The largest absolute Gasteiger partial charge is 0.438 e. The van der Waals surface area contributed by atoms with E-state index in [0.29, 0.717) is 40.8 Å². The molecular weight excluding hydrogens is 493 g/mol. The van der Waals surface area contributed by atoms with Crippen LogP contribution in [-0.2, 0) is 12.6 Å².